The molecule has 3 rings (SSSR count). The molecule has 2 heteroatoms. The van der Waals surface area contributed by atoms with Crippen molar-refractivity contribution >= 4 is 6.20 Å². The SMILES string of the molecule is C1=C2N=c3ccccc3=CN2CCCC1. The molecule has 1 aromatic rings. The van der Waals surface area contributed by atoms with Crippen LogP contribution >= 0.6 is 0 Å². The highest BCUT2D eigenvalue weighted by Crippen LogP contribution is 2.16. The first kappa shape index (κ1) is 8.72. The Kier molecular flexibility index (Phi) is 2.05. The summed E-state index contributed by atoms with van der Waals surface area (Å²) < 4.78 is 0. The lowest BCUT2D eigenvalue weighted by atomic mass is 10.2. The lowest BCUT2D eigenvalue weighted by molar-refractivity contribution is 0.482. The largest absolute Gasteiger partial charge is 0.333 e. The first-order valence-corrected chi connectivity index (χ1v) is 5.56. The van der Waals surface area contributed by atoms with Gasteiger partial charge < -0.3 is 4.90 Å². The van der Waals surface area contributed by atoms with E-state index in [0.29, 0.717) is 0 Å². The third-order valence-corrected chi connectivity index (χ3v) is 2.94. The maximum atomic E-state index is 4.68. The second-order valence-electron chi connectivity index (χ2n) is 4.05. The summed E-state index contributed by atoms with van der Waals surface area (Å²) in [6.07, 6.45) is 8.16. The first-order valence-electron chi connectivity index (χ1n) is 5.56. The fraction of sp³-hybridized carbons (Fsp3) is 0.308. The highest BCUT2D eigenvalue weighted by molar-refractivity contribution is 5.31. The third-order valence-electron chi connectivity index (χ3n) is 2.94. The Bertz CT molecular complexity index is 514. The van der Waals surface area contributed by atoms with Crippen LogP contribution in [0.25, 0.3) is 6.20 Å². The molecule has 76 valence electrons. The molecule has 0 saturated heterocycles. The molecule has 0 radical (unpaired) electrons. The average Bonchev–Trinajstić information content (AvgIpc) is 2.50. The molecule has 0 aliphatic carbocycles. The van der Waals surface area contributed by atoms with E-state index in [2.05, 4.69) is 40.4 Å². The highest BCUT2D eigenvalue weighted by Gasteiger charge is 2.11. The van der Waals surface area contributed by atoms with E-state index in [1.165, 1.54) is 18.1 Å². The minimum Gasteiger partial charge on any atom is -0.333 e. The zero-order chi connectivity index (χ0) is 10.1. The van der Waals surface area contributed by atoms with Gasteiger partial charge in [0.2, 0.25) is 0 Å². The molecule has 0 aromatic heterocycles. The molecule has 0 atom stereocenters. The van der Waals surface area contributed by atoms with Gasteiger partial charge in [-0.2, -0.15) is 0 Å². The minimum atomic E-state index is 1.10. The minimum absolute atomic E-state index is 1.10. The molecule has 2 aliphatic rings. The molecule has 0 bridgehead atoms. The Morgan fingerprint density at radius 2 is 2.07 bits per heavy atom. The van der Waals surface area contributed by atoms with Crippen molar-refractivity contribution in [3.05, 3.63) is 46.7 Å². The van der Waals surface area contributed by atoms with E-state index in [1.807, 2.05) is 6.07 Å². The predicted molar refractivity (Wildman–Crippen MR) is 60.3 cm³/mol. The summed E-state index contributed by atoms with van der Waals surface area (Å²) in [5, 5.41) is 2.33. The Labute approximate surface area is 89.3 Å². The van der Waals surface area contributed by atoms with Crippen molar-refractivity contribution in [3.63, 3.8) is 0 Å². The summed E-state index contributed by atoms with van der Waals surface area (Å²) in [6, 6.07) is 8.32. The van der Waals surface area contributed by atoms with E-state index in [9.17, 15) is 0 Å². The van der Waals surface area contributed by atoms with E-state index in [4.69, 9.17) is 0 Å². The number of hydrogen-bond acceptors (Lipinski definition) is 2. The van der Waals surface area contributed by atoms with Crippen molar-refractivity contribution in [2.75, 3.05) is 6.54 Å². The van der Waals surface area contributed by atoms with Crippen LogP contribution in [0.1, 0.15) is 19.3 Å². The van der Waals surface area contributed by atoms with Crippen LogP contribution in [-0.4, -0.2) is 11.4 Å². The average molecular weight is 198 g/mol. The van der Waals surface area contributed by atoms with Crippen LogP contribution in [0.3, 0.4) is 0 Å². The predicted octanol–water partition coefficient (Wildman–Crippen LogP) is 1.39. The van der Waals surface area contributed by atoms with E-state index in [-0.39, 0.29) is 0 Å². The zero-order valence-corrected chi connectivity index (χ0v) is 8.69. The van der Waals surface area contributed by atoms with Crippen molar-refractivity contribution in [3.8, 4) is 0 Å². The summed E-state index contributed by atoms with van der Waals surface area (Å²) in [6.45, 7) is 1.10. The van der Waals surface area contributed by atoms with Gasteiger partial charge in [0.25, 0.3) is 0 Å². The van der Waals surface area contributed by atoms with Crippen molar-refractivity contribution in [1.29, 1.82) is 0 Å². The van der Waals surface area contributed by atoms with Gasteiger partial charge in [0.15, 0.2) is 0 Å². The van der Waals surface area contributed by atoms with E-state index in [1.54, 1.807) is 0 Å². The lowest BCUT2D eigenvalue weighted by Crippen LogP contribution is -2.34. The number of hydrogen-bond donors (Lipinski definition) is 0. The second kappa shape index (κ2) is 3.54. The maximum Gasteiger partial charge on any atom is 0.129 e. The van der Waals surface area contributed by atoms with Gasteiger partial charge in [0, 0.05) is 18.0 Å². The summed E-state index contributed by atoms with van der Waals surface area (Å²) in [7, 11) is 0. The van der Waals surface area contributed by atoms with Gasteiger partial charge in [-0.3, -0.25) is 0 Å². The van der Waals surface area contributed by atoms with E-state index in [0.717, 1.165) is 24.1 Å². The van der Waals surface area contributed by atoms with Gasteiger partial charge in [0.05, 0.1) is 5.36 Å². The highest BCUT2D eigenvalue weighted by atomic mass is 15.2. The molecule has 0 N–H and O–H groups in total. The standard InChI is InChI=1S/C13H14N2/c1-2-8-13-14-12-7-4-3-6-11(12)10-15(13)9-5-1/h3-4,6-8,10H,1-2,5,9H2. The van der Waals surface area contributed by atoms with E-state index >= 15 is 0 Å². The van der Waals surface area contributed by atoms with Gasteiger partial charge in [0.1, 0.15) is 5.82 Å². The molecule has 0 spiro atoms. The molecule has 2 aliphatic heterocycles. The molecule has 2 nitrogen and oxygen atoms in total. The Morgan fingerprint density at radius 3 is 3.07 bits per heavy atom. The van der Waals surface area contributed by atoms with Crippen molar-refractivity contribution in [2.45, 2.75) is 19.3 Å². The molecule has 15 heavy (non-hydrogen) atoms. The van der Waals surface area contributed by atoms with Crippen molar-refractivity contribution in [2.24, 2.45) is 4.99 Å². The van der Waals surface area contributed by atoms with Gasteiger partial charge in [-0.1, -0.05) is 18.2 Å². The Morgan fingerprint density at radius 1 is 1.13 bits per heavy atom. The van der Waals surface area contributed by atoms with E-state index < -0.39 is 0 Å². The van der Waals surface area contributed by atoms with Crippen LogP contribution in [0.5, 0.6) is 0 Å². The number of allylic oxidation sites excluding steroid dienone is 1. The summed E-state index contributed by atoms with van der Waals surface area (Å²) >= 11 is 0. The first-order chi connectivity index (χ1) is 7.43. The van der Waals surface area contributed by atoms with Crippen LogP contribution in [0.2, 0.25) is 0 Å². The van der Waals surface area contributed by atoms with Crippen molar-refractivity contribution in [1.82, 2.24) is 4.90 Å². The fourth-order valence-corrected chi connectivity index (χ4v) is 2.12. The number of para-hydroxylation sites is 1. The Hall–Kier alpha value is -1.57. The third kappa shape index (κ3) is 1.56. The maximum absolute atomic E-state index is 4.68. The molecule has 2 heterocycles. The number of benzene rings is 1. The van der Waals surface area contributed by atoms with Crippen molar-refractivity contribution < 1.29 is 0 Å². The topological polar surface area (TPSA) is 15.6 Å². The molecule has 0 fully saturated rings. The van der Waals surface area contributed by atoms with Gasteiger partial charge in [-0.25, -0.2) is 4.99 Å². The quantitative estimate of drug-likeness (QED) is 0.615. The van der Waals surface area contributed by atoms with Gasteiger partial charge in [-0.05, 0) is 31.4 Å². The van der Waals surface area contributed by atoms with Crippen LogP contribution in [0.4, 0.5) is 0 Å². The normalized spacial score (nSPS) is 18.9. The molecule has 1 aromatic carbocycles. The van der Waals surface area contributed by atoms with Crippen LogP contribution in [-0.2, 0) is 0 Å². The second-order valence-corrected chi connectivity index (χ2v) is 4.05. The number of nitrogens with zero attached hydrogens (tertiary/aromatic N) is 2. The summed E-state index contributed by atoms with van der Waals surface area (Å²) in [5.74, 6) is 1.13. The molecular formula is C13H14N2. The number of fused-ring (bicyclic) bond motifs is 2. The van der Waals surface area contributed by atoms with Crippen LogP contribution in [0.15, 0.2) is 41.2 Å². The monoisotopic (exact) mass is 198 g/mol. The summed E-state index contributed by atoms with van der Waals surface area (Å²) in [5.41, 5.74) is 0. The molecular weight excluding hydrogens is 184 g/mol. The zero-order valence-electron chi connectivity index (χ0n) is 8.69. The smallest absolute Gasteiger partial charge is 0.129 e. The van der Waals surface area contributed by atoms with Gasteiger partial charge in [-0.15, -0.1) is 0 Å². The van der Waals surface area contributed by atoms with Crippen LogP contribution < -0.4 is 10.6 Å². The number of rotatable bonds is 0. The van der Waals surface area contributed by atoms with Gasteiger partial charge >= 0.3 is 0 Å². The Balaban J connectivity index is 2.19. The van der Waals surface area contributed by atoms with Crippen LogP contribution in [0, 0.1) is 0 Å². The molecule has 0 amide bonds. The lowest BCUT2D eigenvalue weighted by Gasteiger charge is -2.21. The fourth-order valence-electron chi connectivity index (χ4n) is 2.12. The molecule has 0 unspecified atom stereocenters. The summed E-state index contributed by atoms with van der Waals surface area (Å²) in [4.78, 5) is 6.96. The molecule has 0 saturated carbocycles.